The van der Waals surface area contributed by atoms with Crippen LogP contribution in [0.15, 0.2) is 55.0 Å². The Bertz CT molecular complexity index is 913. The van der Waals surface area contributed by atoms with Crippen molar-refractivity contribution >= 4 is 5.95 Å². The molecule has 4 rings (SSSR count). The summed E-state index contributed by atoms with van der Waals surface area (Å²) >= 11 is 0. The van der Waals surface area contributed by atoms with Crippen LogP contribution in [0, 0.1) is 5.82 Å². The minimum atomic E-state index is -0.342. The van der Waals surface area contributed by atoms with Gasteiger partial charge in [-0.2, -0.15) is 0 Å². The van der Waals surface area contributed by atoms with Crippen LogP contribution in [-0.2, 0) is 13.1 Å². The quantitative estimate of drug-likeness (QED) is 0.675. The van der Waals surface area contributed by atoms with Crippen LogP contribution >= 0.6 is 0 Å². The number of ether oxygens (including phenoxy) is 1. The number of aromatic nitrogens is 3. The van der Waals surface area contributed by atoms with Gasteiger partial charge in [0.1, 0.15) is 11.6 Å². The Morgan fingerprint density at radius 1 is 1.00 bits per heavy atom. The van der Waals surface area contributed by atoms with E-state index in [1.165, 1.54) is 25.0 Å². The fourth-order valence-corrected chi connectivity index (χ4v) is 3.15. The maximum Gasteiger partial charge on any atom is 0.225 e. The average molecular weight is 379 g/mol. The highest BCUT2D eigenvalue weighted by Crippen LogP contribution is 2.23. The predicted octanol–water partition coefficient (Wildman–Crippen LogP) is 3.69. The molecule has 0 bridgehead atoms. The third-order valence-electron chi connectivity index (χ3n) is 4.59. The van der Waals surface area contributed by atoms with Crippen molar-refractivity contribution in [3.63, 3.8) is 0 Å². The summed E-state index contributed by atoms with van der Waals surface area (Å²) in [6.45, 7) is 3.26. The molecule has 1 aliphatic heterocycles. The first-order valence-corrected chi connectivity index (χ1v) is 9.42. The molecule has 1 saturated heterocycles. The largest absolute Gasteiger partial charge is 0.439 e. The Hall–Kier alpha value is -3.06. The Kier molecular flexibility index (Phi) is 5.72. The minimum absolute atomic E-state index is 0.342. The highest BCUT2D eigenvalue weighted by Gasteiger charge is 2.14. The summed E-state index contributed by atoms with van der Waals surface area (Å²) in [5.74, 6) is 1.34. The van der Waals surface area contributed by atoms with Crippen molar-refractivity contribution in [1.29, 1.82) is 0 Å². The molecule has 28 heavy (non-hydrogen) atoms. The van der Waals surface area contributed by atoms with E-state index < -0.39 is 0 Å². The van der Waals surface area contributed by atoms with E-state index in [1.807, 2.05) is 24.5 Å². The molecule has 7 heteroatoms. The number of anilines is 1. The Labute approximate surface area is 163 Å². The molecule has 0 saturated carbocycles. The first kappa shape index (κ1) is 18.3. The van der Waals surface area contributed by atoms with E-state index >= 15 is 0 Å². The third kappa shape index (κ3) is 4.61. The van der Waals surface area contributed by atoms with Gasteiger partial charge in [0, 0.05) is 62.0 Å². The summed E-state index contributed by atoms with van der Waals surface area (Å²) in [5.41, 5.74) is 1.90. The van der Waals surface area contributed by atoms with Gasteiger partial charge in [0.05, 0.1) is 0 Å². The molecule has 2 aromatic heterocycles. The standard InChI is InChI=1S/C21H22FN5O/c22-18-6-3-7-19(11-18)28-20-17(5-4-8-24-20)15-23-12-16-13-25-21(26-14-16)27-9-1-2-10-27/h3-8,11,13-14,23H,1-2,9-10,12,15H2. The van der Waals surface area contributed by atoms with Gasteiger partial charge in [-0.3, -0.25) is 0 Å². The molecule has 0 unspecified atom stereocenters. The molecule has 3 heterocycles. The summed E-state index contributed by atoms with van der Waals surface area (Å²) in [5, 5.41) is 3.36. The molecule has 3 aromatic rings. The fraction of sp³-hybridized carbons (Fsp3) is 0.286. The van der Waals surface area contributed by atoms with E-state index in [0.717, 1.165) is 30.2 Å². The molecule has 6 nitrogen and oxygen atoms in total. The van der Waals surface area contributed by atoms with Crippen LogP contribution in [0.5, 0.6) is 11.6 Å². The molecule has 1 aromatic carbocycles. The number of nitrogens with one attached hydrogen (secondary N) is 1. The number of pyridine rings is 1. The second-order valence-corrected chi connectivity index (χ2v) is 6.72. The SMILES string of the molecule is Fc1cccc(Oc2ncccc2CNCc2cnc(N3CCCC3)nc2)c1. The number of halogens is 1. The van der Waals surface area contributed by atoms with E-state index in [-0.39, 0.29) is 5.82 Å². The van der Waals surface area contributed by atoms with Crippen molar-refractivity contribution in [2.24, 2.45) is 0 Å². The molecule has 0 amide bonds. The van der Waals surface area contributed by atoms with Crippen molar-refractivity contribution in [2.75, 3.05) is 18.0 Å². The molecular formula is C21H22FN5O. The molecule has 1 aliphatic rings. The zero-order chi connectivity index (χ0) is 19.2. The summed E-state index contributed by atoms with van der Waals surface area (Å²) in [7, 11) is 0. The van der Waals surface area contributed by atoms with Gasteiger partial charge in [-0.25, -0.2) is 19.3 Å². The molecule has 144 valence electrons. The lowest BCUT2D eigenvalue weighted by molar-refractivity contribution is 0.448. The monoisotopic (exact) mass is 379 g/mol. The lowest BCUT2D eigenvalue weighted by Crippen LogP contribution is -2.21. The number of rotatable bonds is 7. The van der Waals surface area contributed by atoms with Crippen LogP contribution in [0.2, 0.25) is 0 Å². The molecule has 0 spiro atoms. The summed E-state index contributed by atoms with van der Waals surface area (Å²) in [4.78, 5) is 15.4. The van der Waals surface area contributed by atoms with Gasteiger partial charge >= 0.3 is 0 Å². The van der Waals surface area contributed by atoms with Crippen molar-refractivity contribution < 1.29 is 9.13 Å². The molecule has 1 fully saturated rings. The Morgan fingerprint density at radius 2 is 1.82 bits per heavy atom. The first-order chi connectivity index (χ1) is 13.8. The normalized spacial score (nSPS) is 13.7. The van der Waals surface area contributed by atoms with Gasteiger partial charge in [-0.1, -0.05) is 12.1 Å². The Balaban J connectivity index is 1.35. The zero-order valence-electron chi connectivity index (χ0n) is 15.5. The van der Waals surface area contributed by atoms with Crippen LogP contribution in [0.3, 0.4) is 0 Å². The molecule has 0 radical (unpaired) electrons. The Morgan fingerprint density at radius 3 is 2.61 bits per heavy atom. The van der Waals surface area contributed by atoms with Gasteiger partial charge in [-0.05, 0) is 31.0 Å². The van der Waals surface area contributed by atoms with Crippen LogP contribution < -0.4 is 15.0 Å². The van der Waals surface area contributed by atoms with Gasteiger partial charge < -0.3 is 15.0 Å². The second-order valence-electron chi connectivity index (χ2n) is 6.72. The van der Waals surface area contributed by atoms with E-state index in [0.29, 0.717) is 24.7 Å². The highest BCUT2D eigenvalue weighted by atomic mass is 19.1. The minimum Gasteiger partial charge on any atom is -0.439 e. The van der Waals surface area contributed by atoms with Crippen LogP contribution in [0.4, 0.5) is 10.3 Å². The van der Waals surface area contributed by atoms with Gasteiger partial charge in [-0.15, -0.1) is 0 Å². The molecule has 0 atom stereocenters. The lowest BCUT2D eigenvalue weighted by atomic mass is 10.2. The summed E-state index contributed by atoms with van der Waals surface area (Å²) < 4.78 is 19.1. The lowest BCUT2D eigenvalue weighted by Gasteiger charge is -2.15. The van der Waals surface area contributed by atoms with E-state index in [1.54, 1.807) is 18.3 Å². The summed E-state index contributed by atoms with van der Waals surface area (Å²) in [6.07, 6.45) is 7.79. The van der Waals surface area contributed by atoms with Gasteiger partial charge in [0.25, 0.3) is 0 Å². The number of hydrogen-bond acceptors (Lipinski definition) is 6. The van der Waals surface area contributed by atoms with E-state index in [9.17, 15) is 4.39 Å². The summed E-state index contributed by atoms with van der Waals surface area (Å²) in [6, 6.07) is 9.81. The molecule has 0 aliphatic carbocycles. The second kappa shape index (κ2) is 8.75. The van der Waals surface area contributed by atoms with E-state index in [4.69, 9.17) is 4.74 Å². The maximum atomic E-state index is 13.4. The van der Waals surface area contributed by atoms with Crippen LogP contribution in [-0.4, -0.2) is 28.0 Å². The van der Waals surface area contributed by atoms with Gasteiger partial charge in [0.2, 0.25) is 11.8 Å². The van der Waals surface area contributed by atoms with Crippen LogP contribution in [0.1, 0.15) is 24.0 Å². The van der Waals surface area contributed by atoms with E-state index in [2.05, 4.69) is 25.2 Å². The molecule has 1 N–H and O–H groups in total. The fourth-order valence-electron chi connectivity index (χ4n) is 3.15. The average Bonchev–Trinajstić information content (AvgIpc) is 3.25. The smallest absolute Gasteiger partial charge is 0.225 e. The third-order valence-corrected chi connectivity index (χ3v) is 4.59. The maximum absolute atomic E-state index is 13.4. The predicted molar refractivity (Wildman–Crippen MR) is 105 cm³/mol. The molecular weight excluding hydrogens is 357 g/mol. The van der Waals surface area contributed by atoms with Gasteiger partial charge in [0.15, 0.2) is 0 Å². The van der Waals surface area contributed by atoms with Crippen molar-refractivity contribution in [2.45, 2.75) is 25.9 Å². The van der Waals surface area contributed by atoms with Crippen molar-refractivity contribution in [3.05, 3.63) is 71.9 Å². The van der Waals surface area contributed by atoms with Crippen molar-refractivity contribution in [1.82, 2.24) is 20.3 Å². The van der Waals surface area contributed by atoms with Crippen LogP contribution in [0.25, 0.3) is 0 Å². The first-order valence-electron chi connectivity index (χ1n) is 9.42. The highest BCUT2D eigenvalue weighted by molar-refractivity contribution is 5.33. The number of nitrogens with zero attached hydrogens (tertiary/aromatic N) is 4. The number of hydrogen-bond donors (Lipinski definition) is 1. The van der Waals surface area contributed by atoms with Crippen molar-refractivity contribution in [3.8, 4) is 11.6 Å². The zero-order valence-corrected chi connectivity index (χ0v) is 15.5. The topological polar surface area (TPSA) is 63.2 Å². The number of benzene rings is 1.